The van der Waals surface area contributed by atoms with Crippen LogP contribution in [0.3, 0.4) is 0 Å². The number of aryl methyl sites for hydroxylation is 1. The highest BCUT2D eigenvalue weighted by molar-refractivity contribution is 7.92. The Kier molecular flexibility index (Phi) is 10.1. The second-order valence-corrected chi connectivity index (χ2v) is 13.2. The average Bonchev–Trinajstić information content (AvgIpc) is 3.79. The lowest BCUT2D eigenvalue weighted by atomic mass is 10.0. The third-order valence-corrected chi connectivity index (χ3v) is 9.13. The maximum Gasteiger partial charge on any atom is 0.335 e. The van der Waals surface area contributed by atoms with Gasteiger partial charge in [0.25, 0.3) is 5.91 Å². The van der Waals surface area contributed by atoms with Gasteiger partial charge in [-0.25, -0.2) is 17.6 Å². The highest BCUT2D eigenvalue weighted by atomic mass is 32.2. The number of nitrogens with zero attached hydrogens (tertiary/aromatic N) is 1. The van der Waals surface area contributed by atoms with E-state index in [1.54, 1.807) is 25.1 Å². The fourth-order valence-corrected chi connectivity index (χ4v) is 6.41. The molecular formula is C34H37FN2O8S. The van der Waals surface area contributed by atoms with Crippen LogP contribution < -0.4 is 9.62 Å². The van der Waals surface area contributed by atoms with Crippen molar-refractivity contribution in [1.29, 1.82) is 0 Å². The maximum absolute atomic E-state index is 13.6. The summed E-state index contributed by atoms with van der Waals surface area (Å²) >= 11 is 0. The van der Waals surface area contributed by atoms with E-state index >= 15 is 0 Å². The van der Waals surface area contributed by atoms with Crippen molar-refractivity contribution in [1.82, 2.24) is 5.32 Å². The Balaban J connectivity index is 1.28. The predicted molar refractivity (Wildman–Crippen MR) is 173 cm³/mol. The number of sulfonamides is 1. The molecule has 1 saturated carbocycles. The molecule has 1 fully saturated rings. The highest BCUT2D eigenvalue weighted by Crippen LogP contribution is 2.48. The molecular weight excluding hydrogens is 615 g/mol. The number of fused-ring (bicyclic) bond motifs is 1. The van der Waals surface area contributed by atoms with Crippen molar-refractivity contribution in [3.63, 3.8) is 0 Å². The van der Waals surface area contributed by atoms with Gasteiger partial charge in [-0.05, 0) is 85.2 Å². The molecule has 0 aliphatic heterocycles. The molecule has 1 aromatic heterocycles. The van der Waals surface area contributed by atoms with Gasteiger partial charge in [-0.3, -0.25) is 9.10 Å². The van der Waals surface area contributed by atoms with E-state index in [1.807, 2.05) is 12.1 Å². The molecule has 244 valence electrons. The number of amides is 1. The number of carboxylic acid groups (broad SMARTS) is 1. The first-order valence-corrected chi connectivity index (χ1v) is 16.9. The molecule has 0 bridgehead atoms. The summed E-state index contributed by atoms with van der Waals surface area (Å²) in [6, 6.07) is 14.3. The van der Waals surface area contributed by atoms with Crippen molar-refractivity contribution >= 4 is 38.6 Å². The van der Waals surface area contributed by atoms with Gasteiger partial charge in [0.1, 0.15) is 17.2 Å². The molecule has 0 radical (unpaired) electrons. The predicted octanol–water partition coefficient (Wildman–Crippen LogP) is 5.52. The number of hydrogen-bond donors (Lipinski definition) is 2. The van der Waals surface area contributed by atoms with Crippen molar-refractivity contribution in [2.75, 3.05) is 50.6 Å². The monoisotopic (exact) mass is 652 g/mol. The first-order chi connectivity index (χ1) is 22.0. The fraction of sp³-hybridized carbons (Fsp3) is 0.353. The Bertz CT molecular complexity index is 1850. The summed E-state index contributed by atoms with van der Waals surface area (Å²) in [6.45, 7) is 2.94. The molecule has 2 N–H and O–H groups in total. The molecule has 0 saturated heterocycles. The molecule has 1 aliphatic rings. The van der Waals surface area contributed by atoms with Gasteiger partial charge in [-0.15, -0.1) is 0 Å². The Morgan fingerprint density at radius 2 is 1.72 bits per heavy atom. The number of furan rings is 1. The summed E-state index contributed by atoms with van der Waals surface area (Å²) in [6.07, 6.45) is 3.55. The van der Waals surface area contributed by atoms with Crippen LogP contribution in [0.5, 0.6) is 0 Å². The average molecular weight is 653 g/mol. The fourth-order valence-electron chi connectivity index (χ4n) is 5.49. The van der Waals surface area contributed by atoms with Crippen LogP contribution in [0.15, 0.2) is 59.0 Å². The second-order valence-electron chi connectivity index (χ2n) is 11.3. The van der Waals surface area contributed by atoms with Crippen molar-refractivity contribution in [3.05, 3.63) is 88.2 Å². The van der Waals surface area contributed by atoms with Gasteiger partial charge in [-0.1, -0.05) is 12.1 Å². The van der Waals surface area contributed by atoms with Crippen LogP contribution in [0.1, 0.15) is 56.2 Å². The standard InChI is InChI=1S/C34H37FN2O8S/c1-21-18-22(4-11-26(21)34(39)40)12-14-43-16-17-44-15-13-37(46(3,41)42)29-20-30-28(19-27(29)23-5-6-23)31(33(38)36-2)32(45-30)24-7-9-25(35)10-8-24/h4,7-11,18-20,23H,5-6,12-17H2,1-3H3,(H,36,38)(H,39,40). The summed E-state index contributed by atoms with van der Waals surface area (Å²) < 4.78 is 58.6. The van der Waals surface area contributed by atoms with Gasteiger partial charge in [0.05, 0.1) is 56.0 Å². The van der Waals surface area contributed by atoms with Gasteiger partial charge < -0.3 is 24.3 Å². The lowest BCUT2D eigenvalue weighted by Crippen LogP contribution is -2.34. The summed E-state index contributed by atoms with van der Waals surface area (Å²) in [7, 11) is -2.20. The third kappa shape index (κ3) is 7.57. The van der Waals surface area contributed by atoms with E-state index in [1.165, 1.54) is 35.6 Å². The lowest BCUT2D eigenvalue weighted by molar-refractivity contribution is 0.0522. The van der Waals surface area contributed by atoms with Crippen LogP contribution >= 0.6 is 0 Å². The zero-order valence-electron chi connectivity index (χ0n) is 26.0. The van der Waals surface area contributed by atoms with E-state index in [0.717, 1.165) is 30.2 Å². The highest BCUT2D eigenvalue weighted by Gasteiger charge is 2.33. The molecule has 3 aromatic carbocycles. The quantitative estimate of drug-likeness (QED) is 0.160. The van der Waals surface area contributed by atoms with Crippen LogP contribution in [-0.2, 0) is 25.9 Å². The summed E-state index contributed by atoms with van der Waals surface area (Å²) in [5, 5.41) is 12.4. The molecule has 1 aliphatic carbocycles. The molecule has 4 aromatic rings. The largest absolute Gasteiger partial charge is 0.478 e. The van der Waals surface area contributed by atoms with Crippen molar-refractivity contribution in [3.8, 4) is 11.3 Å². The van der Waals surface area contributed by atoms with Crippen LogP contribution in [0.25, 0.3) is 22.3 Å². The number of ether oxygens (including phenoxy) is 2. The Hall–Kier alpha value is -4.26. The number of rotatable bonds is 15. The number of carboxylic acids is 1. The van der Waals surface area contributed by atoms with Gasteiger partial charge in [0.15, 0.2) is 0 Å². The number of halogens is 1. The summed E-state index contributed by atoms with van der Waals surface area (Å²) in [4.78, 5) is 24.2. The zero-order valence-corrected chi connectivity index (χ0v) is 26.8. The second kappa shape index (κ2) is 14.0. The Labute approximate surface area is 267 Å². The van der Waals surface area contributed by atoms with Crippen LogP contribution in [0.4, 0.5) is 10.1 Å². The summed E-state index contributed by atoms with van der Waals surface area (Å²) in [5.41, 5.74) is 4.39. The molecule has 0 spiro atoms. The smallest absolute Gasteiger partial charge is 0.335 e. The van der Waals surface area contributed by atoms with Crippen LogP contribution in [-0.4, -0.2) is 71.7 Å². The molecule has 0 unspecified atom stereocenters. The lowest BCUT2D eigenvalue weighted by Gasteiger charge is -2.25. The molecule has 1 amide bonds. The van der Waals surface area contributed by atoms with E-state index in [0.29, 0.717) is 53.0 Å². The molecule has 1 heterocycles. The van der Waals surface area contributed by atoms with Gasteiger partial charge in [-0.2, -0.15) is 0 Å². The van der Waals surface area contributed by atoms with Gasteiger partial charge >= 0.3 is 5.97 Å². The zero-order chi connectivity index (χ0) is 33.0. The normalized spacial score (nSPS) is 13.2. The number of aromatic carboxylic acids is 1. The number of hydrogen-bond acceptors (Lipinski definition) is 7. The third-order valence-electron chi connectivity index (χ3n) is 7.95. The number of carbonyl (C=O) groups excluding carboxylic acids is 1. The summed E-state index contributed by atoms with van der Waals surface area (Å²) in [5.74, 6) is -1.33. The molecule has 0 atom stereocenters. The number of carbonyl (C=O) groups is 2. The molecule has 12 heteroatoms. The van der Waals surface area contributed by atoms with Gasteiger partial charge in [0.2, 0.25) is 10.0 Å². The van der Waals surface area contributed by atoms with Crippen molar-refractivity contribution < 1.29 is 41.4 Å². The van der Waals surface area contributed by atoms with E-state index < -0.39 is 21.8 Å². The Morgan fingerprint density at radius 1 is 1.02 bits per heavy atom. The topological polar surface area (TPSA) is 135 Å². The van der Waals surface area contributed by atoms with Crippen LogP contribution in [0.2, 0.25) is 0 Å². The van der Waals surface area contributed by atoms with Gasteiger partial charge in [0, 0.05) is 24.1 Å². The SMILES string of the molecule is CNC(=O)c1c(-c2ccc(F)cc2)oc2cc(N(CCOCCOCCc3ccc(C(=O)O)c(C)c3)S(C)(=O)=O)c(C3CC3)cc12. The maximum atomic E-state index is 13.6. The van der Waals surface area contributed by atoms with E-state index in [2.05, 4.69) is 5.32 Å². The van der Waals surface area contributed by atoms with E-state index in [-0.39, 0.29) is 42.9 Å². The van der Waals surface area contributed by atoms with Crippen LogP contribution in [0, 0.1) is 12.7 Å². The van der Waals surface area contributed by atoms with E-state index in [9.17, 15) is 27.5 Å². The van der Waals surface area contributed by atoms with Crippen molar-refractivity contribution in [2.45, 2.75) is 32.1 Å². The molecule has 10 nitrogen and oxygen atoms in total. The van der Waals surface area contributed by atoms with E-state index in [4.69, 9.17) is 13.9 Å². The first-order valence-electron chi connectivity index (χ1n) is 15.0. The van der Waals surface area contributed by atoms with Crippen molar-refractivity contribution in [2.24, 2.45) is 0 Å². The first kappa shape index (κ1) is 33.1. The minimum absolute atomic E-state index is 0.0626. The Morgan fingerprint density at radius 3 is 2.33 bits per heavy atom. The number of benzene rings is 3. The number of anilines is 1. The molecule has 5 rings (SSSR count). The minimum atomic E-state index is -3.72. The molecule has 46 heavy (non-hydrogen) atoms. The minimum Gasteiger partial charge on any atom is -0.478 e. The number of nitrogens with one attached hydrogen (secondary N) is 1.